The summed E-state index contributed by atoms with van der Waals surface area (Å²) >= 11 is 0. The molecule has 0 saturated heterocycles. The molecule has 6 heteroatoms. The highest BCUT2D eigenvalue weighted by atomic mass is 16.5. The number of hydrogen-bond acceptors (Lipinski definition) is 5. The highest BCUT2D eigenvalue weighted by Gasteiger charge is 2.37. The van der Waals surface area contributed by atoms with Gasteiger partial charge in [0.15, 0.2) is 5.58 Å². The lowest BCUT2D eigenvalue weighted by molar-refractivity contribution is 0.419. The first-order valence-electron chi connectivity index (χ1n) is 25.2. The molecule has 0 fully saturated rings. The monoisotopic (exact) mass is 774 g/mol. The van der Waals surface area contributed by atoms with Crippen LogP contribution in [0, 0.1) is 20.6 Å². The Morgan fingerprint density at radius 1 is 0.610 bits per heavy atom. The molecule has 59 heavy (non-hydrogen) atoms. The first-order chi connectivity index (χ1) is 33.7. The van der Waals surface area contributed by atoms with E-state index in [9.17, 15) is 8.22 Å². The summed E-state index contributed by atoms with van der Waals surface area (Å²) in [5.41, 5.74) is 5.36. The lowest BCUT2D eigenvalue weighted by atomic mass is 9.73. The molecule has 10 aromatic rings. The largest absolute Gasteiger partial charge is 0.456 e. The first-order valence-corrected chi connectivity index (χ1v) is 19.2. The fraction of sp³-hybridized carbons (Fsp3) is 0.113. The average molecular weight is 775 g/mol. The zero-order chi connectivity index (χ0) is 49.7. The number of nitrogens with zero attached hydrogens (tertiary/aromatic N) is 4. The smallest absolute Gasteiger partial charge is 0.307 e. The molecule has 12 rings (SSSR count). The third-order valence-corrected chi connectivity index (χ3v) is 11.9. The molecule has 6 nitrogen and oxygen atoms in total. The summed E-state index contributed by atoms with van der Waals surface area (Å²) in [6.07, 6.45) is 3.32. The number of ether oxygens (including phenoxy) is 1. The summed E-state index contributed by atoms with van der Waals surface area (Å²) in [5.74, 6) is -0.301. The summed E-state index contributed by atoms with van der Waals surface area (Å²) in [7, 11) is 0. The first kappa shape index (κ1) is 23.8. The topological polar surface area (TPSA) is 65.5 Å². The van der Waals surface area contributed by atoms with Crippen LogP contribution in [0.3, 0.4) is 0 Å². The summed E-state index contributed by atoms with van der Waals surface area (Å²) in [4.78, 5) is 13.7. The molecule has 2 aliphatic rings. The fourth-order valence-corrected chi connectivity index (χ4v) is 9.15. The van der Waals surface area contributed by atoms with Crippen molar-refractivity contribution in [1.82, 2.24) is 19.4 Å². The van der Waals surface area contributed by atoms with Crippen LogP contribution < -0.4 is 4.74 Å². The van der Waals surface area contributed by atoms with Gasteiger partial charge in [-0.25, -0.2) is 9.97 Å². The zero-order valence-electron chi connectivity index (χ0n) is 43.4. The predicted molar refractivity (Wildman–Crippen MR) is 237 cm³/mol. The highest BCUT2D eigenvalue weighted by molar-refractivity contribution is 6.03. The Bertz CT molecular complexity index is 3880. The Morgan fingerprint density at radius 3 is 2.19 bits per heavy atom. The maximum atomic E-state index is 9.33. The van der Waals surface area contributed by atoms with Crippen LogP contribution in [0.15, 0.2) is 144 Å². The zero-order valence-corrected chi connectivity index (χ0v) is 31.4. The van der Waals surface area contributed by atoms with Crippen molar-refractivity contribution in [3.8, 4) is 78.4 Å². The molecule has 0 unspecified atom stereocenters. The van der Waals surface area contributed by atoms with Crippen LogP contribution >= 0.6 is 0 Å². The van der Waals surface area contributed by atoms with Gasteiger partial charge in [-0.15, -0.1) is 0 Å². The minimum atomic E-state index is -3.36. The van der Waals surface area contributed by atoms with E-state index in [1.54, 1.807) is 47.0 Å². The molecule has 282 valence electrons. The van der Waals surface area contributed by atoms with Crippen molar-refractivity contribution in [1.29, 1.82) is 0 Å². The molecule has 0 amide bonds. The van der Waals surface area contributed by atoms with E-state index in [4.69, 9.17) is 22.4 Å². The van der Waals surface area contributed by atoms with Gasteiger partial charge in [0.2, 0.25) is 0 Å². The number of benzene rings is 7. The minimum absolute atomic E-state index is 0.0419. The maximum Gasteiger partial charge on any atom is 0.307 e. The second kappa shape index (κ2) is 12.1. The van der Waals surface area contributed by atoms with Gasteiger partial charge in [0.1, 0.15) is 17.8 Å². The minimum Gasteiger partial charge on any atom is -0.456 e. The van der Waals surface area contributed by atoms with Gasteiger partial charge in [-0.05, 0) is 113 Å². The van der Waals surface area contributed by atoms with Crippen molar-refractivity contribution in [2.75, 3.05) is 0 Å². The van der Waals surface area contributed by atoms with Gasteiger partial charge in [-0.2, -0.15) is 4.98 Å². The standard InChI is InChI=1S/C53H38N4O2/c1-29-18-22-41-50(47(29)32-20-21-36-33-12-6-7-13-34(33)40-27-54-28-55-49(40)37-15-9-8-14-35(37)39(36)25-32)58-46-24-31(3)38(26-42(46)53(41,4)5)48-30(2)19-23-45-51(48)59-52-56-43-16-10-11-17-44(43)57(45)52/h6-28H,1-5H3/i2D3,3D3,4D3,5D3. The third kappa shape index (κ3) is 4.71. The van der Waals surface area contributed by atoms with Crippen LogP contribution in [0.5, 0.6) is 11.5 Å². The van der Waals surface area contributed by atoms with Crippen LogP contribution in [0.25, 0.3) is 94.9 Å². The molecule has 0 atom stereocenters. The van der Waals surface area contributed by atoms with E-state index in [1.807, 2.05) is 73.7 Å². The van der Waals surface area contributed by atoms with Crippen molar-refractivity contribution < 1.29 is 25.6 Å². The van der Waals surface area contributed by atoms with Crippen LogP contribution in [0.2, 0.25) is 0 Å². The van der Waals surface area contributed by atoms with E-state index >= 15 is 0 Å². The Balaban J connectivity index is 1.15. The number of fused-ring (bicyclic) bond motifs is 15. The van der Waals surface area contributed by atoms with Crippen molar-refractivity contribution in [2.45, 2.75) is 39.7 Å². The molecule has 3 aromatic heterocycles. The summed E-state index contributed by atoms with van der Waals surface area (Å²) in [6, 6.07) is 37.2. The third-order valence-electron chi connectivity index (χ3n) is 11.9. The van der Waals surface area contributed by atoms with Gasteiger partial charge < -0.3 is 9.15 Å². The maximum absolute atomic E-state index is 9.33. The van der Waals surface area contributed by atoms with Crippen LogP contribution in [0.1, 0.15) is 58.0 Å². The average Bonchev–Trinajstić information content (AvgIpc) is 3.87. The van der Waals surface area contributed by atoms with Gasteiger partial charge in [0.05, 0.1) is 22.2 Å². The van der Waals surface area contributed by atoms with E-state index in [0.717, 1.165) is 50.7 Å². The Kier molecular flexibility index (Phi) is 4.88. The van der Waals surface area contributed by atoms with Crippen molar-refractivity contribution in [3.63, 3.8) is 0 Å². The number of para-hydroxylation sites is 2. The second-order valence-corrected chi connectivity index (χ2v) is 15.2. The molecule has 0 spiro atoms. The molecular formula is C53H38N4O2. The number of imidazole rings is 1. The van der Waals surface area contributed by atoms with E-state index in [0.29, 0.717) is 33.2 Å². The molecule has 4 heterocycles. The Hall–Kier alpha value is -7.31. The summed E-state index contributed by atoms with van der Waals surface area (Å²) in [5, 5.41) is 0. The van der Waals surface area contributed by atoms with Crippen molar-refractivity contribution in [2.24, 2.45) is 0 Å². The van der Waals surface area contributed by atoms with E-state index < -0.39 is 38.4 Å². The number of hydrogen-bond donors (Lipinski definition) is 0. The van der Waals surface area contributed by atoms with Crippen LogP contribution in [-0.4, -0.2) is 19.4 Å². The normalized spacial score (nSPS) is 17.3. The van der Waals surface area contributed by atoms with Gasteiger partial charge in [-0.1, -0.05) is 105 Å². The lowest BCUT2D eigenvalue weighted by Gasteiger charge is -2.37. The molecule has 1 aliphatic carbocycles. The van der Waals surface area contributed by atoms with Crippen molar-refractivity contribution in [3.05, 3.63) is 168 Å². The van der Waals surface area contributed by atoms with Crippen LogP contribution in [-0.2, 0) is 5.41 Å². The molecular weight excluding hydrogens is 725 g/mol. The number of aromatic nitrogens is 4. The number of rotatable bonds is 2. The van der Waals surface area contributed by atoms with E-state index in [2.05, 4.69) is 9.97 Å². The molecule has 0 radical (unpaired) electrons. The highest BCUT2D eigenvalue weighted by Crippen LogP contribution is 2.55. The predicted octanol–water partition coefficient (Wildman–Crippen LogP) is 13.7. The van der Waals surface area contributed by atoms with Gasteiger partial charge in [0.25, 0.3) is 0 Å². The SMILES string of the molecule is [2H]C([2H])([2H])c1cc2c(cc1-c1c(C([2H])([2H])[2H])ccc3c1oc1nc4ccccc4n13)C(C([2H])([2H])[2H])(C([2H])([2H])[2H])c1ccc(C)c(-c3ccc4c(c3)-c3ccccc3-c3ncncc3-c3ccccc3-4)c1O2. The molecule has 0 N–H and O–H groups in total. The molecule has 1 aliphatic heterocycles. The summed E-state index contributed by atoms with van der Waals surface area (Å²) < 4.78 is 124. The van der Waals surface area contributed by atoms with Gasteiger partial charge in [0, 0.05) is 61.4 Å². The summed E-state index contributed by atoms with van der Waals surface area (Å²) in [6.45, 7) is -10.8. The van der Waals surface area contributed by atoms with E-state index in [1.165, 1.54) is 24.5 Å². The Morgan fingerprint density at radius 2 is 1.36 bits per heavy atom. The quantitative estimate of drug-likeness (QED) is 0.175. The van der Waals surface area contributed by atoms with Crippen LogP contribution in [0.4, 0.5) is 0 Å². The van der Waals surface area contributed by atoms with Gasteiger partial charge in [-0.3, -0.25) is 4.40 Å². The van der Waals surface area contributed by atoms with E-state index in [-0.39, 0.29) is 50.7 Å². The molecule has 7 aromatic carbocycles. The second-order valence-electron chi connectivity index (χ2n) is 15.2. The van der Waals surface area contributed by atoms with Crippen molar-refractivity contribution >= 4 is 28.0 Å². The molecule has 0 bridgehead atoms. The van der Waals surface area contributed by atoms with Gasteiger partial charge >= 0.3 is 5.84 Å². The number of oxazole rings is 1. The molecule has 0 saturated carbocycles. The lowest BCUT2D eigenvalue weighted by Crippen LogP contribution is -2.25. The Labute approximate surface area is 358 Å². The fourth-order valence-electron chi connectivity index (χ4n) is 9.15. The number of aryl methyl sites for hydroxylation is 3.